The Labute approximate surface area is 330 Å². The van der Waals surface area contributed by atoms with Gasteiger partial charge < -0.3 is 15.0 Å². The summed E-state index contributed by atoms with van der Waals surface area (Å²) in [6.45, 7) is 31.2. The van der Waals surface area contributed by atoms with Gasteiger partial charge in [0.2, 0.25) is 0 Å². The van der Waals surface area contributed by atoms with Gasteiger partial charge in [-0.1, -0.05) is 41.5 Å². The summed E-state index contributed by atoms with van der Waals surface area (Å²) in [5, 5.41) is 0. The van der Waals surface area contributed by atoms with Crippen molar-refractivity contribution in [3.63, 3.8) is 0 Å². The van der Waals surface area contributed by atoms with Gasteiger partial charge in [0.05, 0.1) is 34.2 Å². The molecule has 3 N–H and O–H groups in total. The van der Waals surface area contributed by atoms with Crippen LogP contribution in [-0.2, 0) is 38.5 Å². The van der Waals surface area contributed by atoms with Crippen LogP contribution in [0.3, 0.4) is 0 Å². The summed E-state index contributed by atoms with van der Waals surface area (Å²) in [5.74, 6) is 0. The molecular formula is C49H64N6. The number of aliphatic imine (C=N–C) groups is 3. The Morgan fingerprint density at radius 1 is 0.400 bits per heavy atom. The van der Waals surface area contributed by atoms with Crippen LogP contribution in [0, 0.1) is 20.8 Å². The Morgan fingerprint density at radius 3 is 1.27 bits per heavy atom. The topological polar surface area (TPSA) is 84.4 Å². The van der Waals surface area contributed by atoms with E-state index in [1.54, 1.807) is 0 Å². The summed E-state index contributed by atoms with van der Waals surface area (Å²) in [6.07, 6.45) is 14.3. The summed E-state index contributed by atoms with van der Waals surface area (Å²) in [6, 6.07) is 0. The van der Waals surface area contributed by atoms with E-state index < -0.39 is 0 Å². The molecule has 6 nitrogen and oxygen atoms in total. The first-order valence-corrected chi connectivity index (χ1v) is 20.9. The first-order valence-electron chi connectivity index (χ1n) is 20.9. The van der Waals surface area contributed by atoms with Crippen molar-refractivity contribution in [3.05, 3.63) is 118 Å². The molecule has 0 unspecified atom stereocenters. The van der Waals surface area contributed by atoms with Gasteiger partial charge in [-0.3, -0.25) is 15.0 Å². The van der Waals surface area contributed by atoms with Gasteiger partial charge in [-0.25, -0.2) is 0 Å². The van der Waals surface area contributed by atoms with Crippen LogP contribution >= 0.6 is 0 Å². The van der Waals surface area contributed by atoms with Crippen LogP contribution in [0.15, 0.2) is 65.5 Å². The number of aromatic amines is 3. The van der Waals surface area contributed by atoms with Gasteiger partial charge in [0, 0.05) is 47.0 Å². The SMILES string of the molecule is CCC1=C(C)/C(=C\c2[nH]c(CC3=N/C(=C\c4[nH]c(C)c(CC)c4CC)C(C)=C3C)c(CC)c2C)N=C1CC1=N/C(=C\c2[nH]c(C)c(CC)c2CC)C(C)=C1C. The average Bonchev–Trinajstić information content (AvgIpc) is 3.95. The van der Waals surface area contributed by atoms with Crippen molar-refractivity contribution < 1.29 is 0 Å². The highest BCUT2D eigenvalue weighted by atomic mass is 14.9. The lowest BCUT2D eigenvalue weighted by molar-refractivity contribution is 1.04. The van der Waals surface area contributed by atoms with Crippen molar-refractivity contribution in [1.82, 2.24) is 15.0 Å². The quantitative estimate of drug-likeness (QED) is 0.156. The Bertz CT molecular complexity index is 2330. The monoisotopic (exact) mass is 737 g/mol. The maximum Gasteiger partial charge on any atom is 0.0686 e. The normalized spacial score (nSPS) is 18.4. The molecule has 3 aromatic rings. The number of aryl methyl sites for hydroxylation is 2. The Kier molecular flexibility index (Phi) is 11.8. The molecule has 6 heteroatoms. The summed E-state index contributed by atoms with van der Waals surface area (Å²) in [4.78, 5) is 27.0. The molecule has 0 spiro atoms. The van der Waals surface area contributed by atoms with Gasteiger partial charge in [0.1, 0.15) is 0 Å². The van der Waals surface area contributed by atoms with Gasteiger partial charge in [-0.2, -0.15) is 0 Å². The van der Waals surface area contributed by atoms with Crippen molar-refractivity contribution >= 4 is 35.4 Å². The third kappa shape index (κ3) is 7.25. The maximum atomic E-state index is 5.32. The van der Waals surface area contributed by atoms with Crippen LogP contribution in [0.4, 0.5) is 0 Å². The number of aromatic nitrogens is 3. The van der Waals surface area contributed by atoms with Crippen molar-refractivity contribution in [2.24, 2.45) is 15.0 Å². The third-order valence-corrected chi connectivity index (χ3v) is 12.8. The molecule has 3 aliphatic heterocycles. The molecule has 0 saturated heterocycles. The summed E-state index contributed by atoms with van der Waals surface area (Å²) >= 11 is 0. The van der Waals surface area contributed by atoms with E-state index in [1.165, 1.54) is 95.3 Å². The second kappa shape index (κ2) is 16.2. The number of rotatable bonds is 13. The zero-order valence-electron chi connectivity index (χ0n) is 36.2. The lowest BCUT2D eigenvalue weighted by Gasteiger charge is -2.06. The van der Waals surface area contributed by atoms with E-state index in [4.69, 9.17) is 15.0 Å². The van der Waals surface area contributed by atoms with Crippen molar-refractivity contribution in [2.75, 3.05) is 0 Å². The molecule has 0 aromatic carbocycles. The molecular weight excluding hydrogens is 673 g/mol. The second-order valence-electron chi connectivity index (χ2n) is 15.7. The maximum absolute atomic E-state index is 5.32. The van der Waals surface area contributed by atoms with Crippen LogP contribution < -0.4 is 0 Å². The third-order valence-electron chi connectivity index (χ3n) is 12.8. The number of nitrogens with one attached hydrogen (secondary N) is 3. The highest BCUT2D eigenvalue weighted by Gasteiger charge is 2.27. The van der Waals surface area contributed by atoms with Gasteiger partial charge in [0.15, 0.2) is 0 Å². The van der Waals surface area contributed by atoms with Crippen LogP contribution in [0.25, 0.3) is 18.2 Å². The van der Waals surface area contributed by atoms with Gasteiger partial charge in [-0.15, -0.1) is 0 Å². The van der Waals surface area contributed by atoms with Crippen LogP contribution in [0.1, 0.15) is 157 Å². The fourth-order valence-corrected chi connectivity index (χ4v) is 9.22. The fraction of sp³-hybridized carbons (Fsp3) is 0.449. The van der Waals surface area contributed by atoms with Gasteiger partial charge >= 0.3 is 0 Å². The predicted molar refractivity (Wildman–Crippen MR) is 238 cm³/mol. The number of allylic oxidation sites excluding steroid dienone is 6. The Hall–Kier alpha value is -4.71. The van der Waals surface area contributed by atoms with E-state index in [1.807, 2.05) is 0 Å². The molecule has 290 valence electrons. The van der Waals surface area contributed by atoms with Crippen LogP contribution in [-0.4, -0.2) is 32.1 Å². The molecule has 6 rings (SSSR count). The highest BCUT2D eigenvalue weighted by Crippen LogP contribution is 2.36. The predicted octanol–water partition coefficient (Wildman–Crippen LogP) is 12.5. The lowest BCUT2D eigenvalue weighted by Crippen LogP contribution is -2.08. The number of hydrogen-bond acceptors (Lipinski definition) is 3. The smallest absolute Gasteiger partial charge is 0.0686 e. The Balaban J connectivity index is 1.29. The molecule has 55 heavy (non-hydrogen) atoms. The molecule has 6 heterocycles. The van der Waals surface area contributed by atoms with Crippen LogP contribution in [0.5, 0.6) is 0 Å². The zero-order chi connectivity index (χ0) is 39.9. The van der Waals surface area contributed by atoms with Crippen molar-refractivity contribution in [3.8, 4) is 0 Å². The van der Waals surface area contributed by atoms with E-state index >= 15 is 0 Å². The van der Waals surface area contributed by atoms with E-state index in [0.29, 0.717) is 0 Å². The molecule has 3 aliphatic rings. The number of hydrogen-bond donors (Lipinski definition) is 3. The molecule has 0 bridgehead atoms. The minimum Gasteiger partial charge on any atom is -0.359 e. The van der Waals surface area contributed by atoms with Gasteiger partial charge in [-0.05, 0) is 179 Å². The average molecular weight is 737 g/mol. The van der Waals surface area contributed by atoms with Gasteiger partial charge in [0.25, 0.3) is 0 Å². The van der Waals surface area contributed by atoms with Crippen molar-refractivity contribution in [1.29, 1.82) is 0 Å². The van der Waals surface area contributed by atoms with Crippen LogP contribution in [0.2, 0.25) is 0 Å². The molecule has 0 amide bonds. The summed E-state index contributed by atoms with van der Waals surface area (Å²) in [5.41, 5.74) is 30.0. The Morgan fingerprint density at radius 2 is 0.818 bits per heavy atom. The molecule has 3 aromatic heterocycles. The van der Waals surface area contributed by atoms with E-state index in [2.05, 4.69) is 130 Å². The lowest BCUT2D eigenvalue weighted by atomic mass is 9.96. The van der Waals surface area contributed by atoms with E-state index in [0.717, 1.165) is 91.3 Å². The standard InChI is InChI=1S/C49H64N6/c1-15-34-30(11)44(54-46(34)22-40-26(7)28(9)42(52-40)24-48-38(19-5)36(17-3)32(13)50-48)21-45-31(12)35(16-2)47(55-45)23-41-27(8)29(10)43(53-41)25-49-39(20-6)37(18-4)33(14)51-49/h21,24-25,50-51,54H,15-20,22-23H2,1-14H3/b42-24-,43-25-,45-21+. The summed E-state index contributed by atoms with van der Waals surface area (Å²) in [7, 11) is 0. The first kappa shape index (κ1) is 40.0. The molecule has 0 saturated carbocycles. The first-order chi connectivity index (χ1) is 26.3. The molecule has 0 fully saturated rings. The zero-order valence-corrected chi connectivity index (χ0v) is 36.2. The molecule has 0 aliphatic carbocycles. The van der Waals surface area contributed by atoms with Crippen molar-refractivity contribution in [2.45, 2.75) is 148 Å². The number of H-pyrrole nitrogens is 3. The fourth-order valence-electron chi connectivity index (χ4n) is 9.22. The van der Waals surface area contributed by atoms with E-state index in [9.17, 15) is 0 Å². The second-order valence-corrected chi connectivity index (χ2v) is 15.7. The van der Waals surface area contributed by atoms with E-state index in [-0.39, 0.29) is 0 Å². The molecule has 0 atom stereocenters. The minimum absolute atomic E-state index is 0.736. The highest BCUT2D eigenvalue weighted by molar-refractivity contribution is 6.21. The largest absolute Gasteiger partial charge is 0.359 e. The summed E-state index contributed by atoms with van der Waals surface area (Å²) < 4.78 is 0. The molecule has 0 radical (unpaired) electrons. The number of nitrogens with zero attached hydrogens (tertiary/aromatic N) is 3. The minimum atomic E-state index is 0.736.